The fourth-order valence-corrected chi connectivity index (χ4v) is 2.37. The molecule has 1 heterocycles. The van der Waals surface area contributed by atoms with Crippen molar-refractivity contribution in [2.75, 3.05) is 6.54 Å². The van der Waals surface area contributed by atoms with Crippen molar-refractivity contribution in [3.05, 3.63) is 75.5 Å². The third kappa shape index (κ3) is 10.2. The molecule has 0 unspecified atom stereocenters. The molecule has 0 fully saturated rings. The molecule has 28 heavy (non-hydrogen) atoms. The number of phenols is 2. The van der Waals surface area contributed by atoms with Gasteiger partial charge >= 0.3 is 0 Å². The molecule has 0 bridgehead atoms. The first-order chi connectivity index (χ1) is 13.3. The Morgan fingerprint density at radius 2 is 1.00 bits per heavy atom. The van der Waals surface area contributed by atoms with Crippen molar-refractivity contribution in [1.29, 1.82) is 0 Å². The minimum absolute atomic E-state index is 0.000000000000000444. The lowest BCUT2D eigenvalue weighted by molar-refractivity contribution is 0.474. The average molecular weight is 445 g/mol. The van der Waals surface area contributed by atoms with E-state index in [9.17, 15) is 0 Å². The van der Waals surface area contributed by atoms with Crippen molar-refractivity contribution in [3.63, 3.8) is 0 Å². The van der Waals surface area contributed by atoms with E-state index in [1.165, 1.54) is 5.56 Å². The maximum Gasteiger partial charge on any atom is 0.227 e. The Kier molecular flexibility index (Phi) is 11.2. The van der Waals surface area contributed by atoms with Crippen LogP contribution >= 0.6 is 34.8 Å². The van der Waals surface area contributed by atoms with E-state index in [1.54, 1.807) is 36.4 Å². The summed E-state index contributed by atoms with van der Waals surface area (Å²) in [5, 5.41) is 17.7. The molecule has 0 saturated carbocycles. The SMILES string of the molecule is Clc1nc(Cl)nc(Cl)n1.NCCc1ccc(O)cc1.NCc1ccc(O)cc1. The van der Waals surface area contributed by atoms with Gasteiger partial charge < -0.3 is 21.7 Å². The van der Waals surface area contributed by atoms with Crippen LogP contribution < -0.4 is 11.5 Å². The number of rotatable bonds is 3. The summed E-state index contributed by atoms with van der Waals surface area (Å²) < 4.78 is 0. The van der Waals surface area contributed by atoms with Gasteiger partial charge in [0.25, 0.3) is 0 Å². The molecule has 1 aromatic heterocycles. The largest absolute Gasteiger partial charge is 0.508 e. The number of nitrogens with zero attached hydrogens (tertiary/aromatic N) is 3. The van der Waals surface area contributed by atoms with Crippen LogP contribution in [0.2, 0.25) is 15.9 Å². The highest BCUT2D eigenvalue weighted by Gasteiger charge is 1.97. The summed E-state index contributed by atoms with van der Waals surface area (Å²) in [6, 6.07) is 14.0. The Balaban J connectivity index is 0.000000210. The molecule has 2 aromatic carbocycles. The van der Waals surface area contributed by atoms with Gasteiger partial charge in [-0.05, 0) is 83.2 Å². The summed E-state index contributed by atoms with van der Waals surface area (Å²) in [5.41, 5.74) is 12.9. The van der Waals surface area contributed by atoms with E-state index < -0.39 is 0 Å². The molecule has 0 amide bonds. The van der Waals surface area contributed by atoms with Gasteiger partial charge in [-0.15, -0.1) is 0 Å². The Bertz CT molecular complexity index is 783. The fraction of sp³-hybridized carbons (Fsp3) is 0.167. The van der Waals surface area contributed by atoms with E-state index in [0.717, 1.165) is 12.0 Å². The second-order valence-electron chi connectivity index (χ2n) is 5.22. The Hall–Kier alpha value is -2.16. The number of aromatic hydroxyl groups is 2. The summed E-state index contributed by atoms with van der Waals surface area (Å²) in [6.45, 7) is 1.19. The second kappa shape index (κ2) is 13.1. The highest BCUT2D eigenvalue weighted by molar-refractivity contribution is 6.33. The van der Waals surface area contributed by atoms with Gasteiger partial charge in [0.05, 0.1) is 0 Å². The molecule has 0 spiro atoms. The first kappa shape index (κ1) is 23.9. The number of hydrogen-bond acceptors (Lipinski definition) is 7. The van der Waals surface area contributed by atoms with Gasteiger partial charge in [0.15, 0.2) is 0 Å². The molecule has 3 rings (SSSR count). The molecule has 0 radical (unpaired) electrons. The van der Waals surface area contributed by atoms with Crippen LogP contribution in [0.4, 0.5) is 0 Å². The maximum absolute atomic E-state index is 8.89. The molecule has 0 saturated heterocycles. The first-order valence-electron chi connectivity index (χ1n) is 8.02. The summed E-state index contributed by atoms with van der Waals surface area (Å²) in [5.74, 6) is 0.591. The van der Waals surface area contributed by atoms with Crippen LogP contribution in [0, 0.1) is 0 Å². The van der Waals surface area contributed by atoms with Crippen LogP contribution in [0.5, 0.6) is 11.5 Å². The van der Waals surface area contributed by atoms with E-state index in [-0.39, 0.29) is 21.6 Å². The third-order valence-electron chi connectivity index (χ3n) is 3.09. The highest BCUT2D eigenvalue weighted by atomic mass is 35.5. The summed E-state index contributed by atoms with van der Waals surface area (Å²) >= 11 is 16.0. The lowest BCUT2D eigenvalue weighted by Crippen LogP contribution is -2.01. The fourth-order valence-electron chi connectivity index (χ4n) is 1.76. The molecule has 150 valence electrons. The van der Waals surface area contributed by atoms with Crippen LogP contribution in [0.1, 0.15) is 11.1 Å². The van der Waals surface area contributed by atoms with Crippen molar-refractivity contribution in [3.8, 4) is 11.5 Å². The quantitative estimate of drug-likeness (QED) is 0.485. The monoisotopic (exact) mass is 443 g/mol. The third-order valence-corrected chi connectivity index (χ3v) is 3.60. The topological polar surface area (TPSA) is 131 Å². The molecular weight excluding hydrogens is 425 g/mol. The number of aromatic nitrogens is 3. The lowest BCUT2D eigenvalue weighted by atomic mass is 10.1. The first-order valence-corrected chi connectivity index (χ1v) is 9.16. The minimum Gasteiger partial charge on any atom is -0.508 e. The predicted octanol–water partition coefficient (Wildman–Crippen LogP) is 3.58. The van der Waals surface area contributed by atoms with Gasteiger partial charge in [0.1, 0.15) is 11.5 Å². The zero-order chi connectivity index (χ0) is 20.9. The van der Waals surface area contributed by atoms with Crippen molar-refractivity contribution >= 4 is 34.8 Å². The van der Waals surface area contributed by atoms with Gasteiger partial charge in [0.2, 0.25) is 15.9 Å². The van der Waals surface area contributed by atoms with Gasteiger partial charge in [-0.3, -0.25) is 0 Å². The lowest BCUT2D eigenvalue weighted by Gasteiger charge is -1.96. The van der Waals surface area contributed by atoms with Gasteiger partial charge in [-0.1, -0.05) is 24.3 Å². The molecule has 0 aliphatic carbocycles. The van der Waals surface area contributed by atoms with Crippen molar-refractivity contribution < 1.29 is 10.2 Å². The number of phenolic OH excluding ortho intramolecular Hbond substituents is 2. The summed E-state index contributed by atoms with van der Waals surface area (Å²) in [6.07, 6.45) is 0.875. The maximum atomic E-state index is 8.89. The predicted molar refractivity (Wildman–Crippen MR) is 112 cm³/mol. The Labute approximate surface area is 177 Å². The Morgan fingerprint density at radius 3 is 1.32 bits per heavy atom. The van der Waals surface area contributed by atoms with Crippen molar-refractivity contribution in [2.24, 2.45) is 11.5 Å². The van der Waals surface area contributed by atoms with Crippen LogP contribution in [0.25, 0.3) is 0 Å². The Morgan fingerprint density at radius 1 is 0.643 bits per heavy atom. The van der Waals surface area contributed by atoms with E-state index in [0.29, 0.717) is 18.8 Å². The molecule has 0 aliphatic heterocycles. The number of halogens is 3. The standard InChI is InChI=1S/C8H11NO.C7H9NO.C3Cl3N3/c9-6-5-7-1-3-8(10)4-2-7;8-5-6-1-3-7(9)4-2-6;4-1-7-2(5)9-3(6)8-1/h1-4,10H,5-6,9H2;1-4,9H,5,8H2;. The number of nitrogens with two attached hydrogens (primary N) is 2. The van der Waals surface area contributed by atoms with E-state index in [4.69, 9.17) is 56.5 Å². The van der Waals surface area contributed by atoms with Gasteiger partial charge in [0, 0.05) is 6.54 Å². The van der Waals surface area contributed by atoms with Gasteiger partial charge in [-0.25, -0.2) is 0 Å². The van der Waals surface area contributed by atoms with E-state index >= 15 is 0 Å². The highest BCUT2D eigenvalue weighted by Crippen LogP contribution is 2.10. The average Bonchev–Trinajstić information content (AvgIpc) is 2.64. The summed E-state index contributed by atoms with van der Waals surface area (Å²) in [7, 11) is 0. The smallest absolute Gasteiger partial charge is 0.227 e. The molecule has 7 nitrogen and oxygen atoms in total. The molecular formula is C18H20Cl3N5O2. The molecule has 0 aliphatic rings. The van der Waals surface area contributed by atoms with Crippen LogP contribution in [0.15, 0.2) is 48.5 Å². The van der Waals surface area contributed by atoms with Crippen LogP contribution in [-0.2, 0) is 13.0 Å². The van der Waals surface area contributed by atoms with Gasteiger partial charge in [-0.2, -0.15) is 15.0 Å². The van der Waals surface area contributed by atoms with Crippen LogP contribution in [0.3, 0.4) is 0 Å². The van der Waals surface area contributed by atoms with Crippen LogP contribution in [-0.4, -0.2) is 31.7 Å². The zero-order valence-corrected chi connectivity index (χ0v) is 17.0. The van der Waals surface area contributed by atoms with Crippen molar-refractivity contribution in [1.82, 2.24) is 15.0 Å². The molecule has 10 heteroatoms. The molecule has 0 atom stereocenters. The van der Waals surface area contributed by atoms with Crippen molar-refractivity contribution in [2.45, 2.75) is 13.0 Å². The zero-order valence-electron chi connectivity index (χ0n) is 14.8. The van der Waals surface area contributed by atoms with E-state index in [1.807, 2.05) is 12.1 Å². The number of hydrogen-bond donors (Lipinski definition) is 4. The molecule has 6 N–H and O–H groups in total. The summed E-state index contributed by atoms with van der Waals surface area (Å²) in [4.78, 5) is 10.4. The van der Waals surface area contributed by atoms with E-state index in [2.05, 4.69) is 15.0 Å². The number of benzene rings is 2. The second-order valence-corrected chi connectivity index (χ2v) is 6.23. The minimum atomic E-state index is 0.000000000000000444. The normalized spacial score (nSPS) is 9.61. The molecule has 3 aromatic rings.